The number of ether oxygens (including phenoxy) is 1. The number of hydrogen-bond donors (Lipinski definition) is 1. The van der Waals surface area contributed by atoms with Crippen molar-refractivity contribution in [3.05, 3.63) is 102 Å². The molecule has 2 heterocycles. The van der Waals surface area contributed by atoms with Gasteiger partial charge in [-0.3, -0.25) is 4.90 Å². The molecule has 0 spiro atoms. The minimum Gasteiger partial charge on any atom is -0.494 e. The average Bonchev–Trinajstić information content (AvgIpc) is 3.37. The van der Waals surface area contributed by atoms with Crippen LogP contribution in [0.2, 0.25) is 0 Å². The summed E-state index contributed by atoms with van der Waals surface area (Å²) in [6.07, 6.45) is 0. The van der Waals surface area contributed by atoms with Gasteiger partial charge in [-0.05, 0) is 55.8 Å². The van der Waals surface area contributed by atoms with Gasteiger partial charge in [-0.15, -0.1) is 0 Å². The molecule has 182 valence electrons. The Kier molecular flexibility index (Phi) is 6.20. The Hall–Kier alpha value is -4.53. The first-order valence-corrected chi connectivity index (χ1v) is 11.3. The van der Waals surface area contributed by atoms with Crippen LogP contribution in [0.5, 0.6) is 5.75 Å². The van der Waals surface area contributed by atoms with Crippen LogP contribution < -0.4 is 15.0 Å². The van der Waals surface area contributed by atoms with Crippen LogP contribution in [0.15, 0.2) is 83.0 Å². The van der Waals surface area contributed by atoms with Crippen LogP contribution in [0.25, 0.3) is 17.0 Å². The average molecular weight is 488 g/mol. The number of nitrogens with zero attached hydrogens (tertiary/aromatic N) is 3. The highest BCUT2D eigenvalue weighted by atomic mass is 19.2. The van der Waals surface area contributed by atoms with Crippen LogP contribution in [-0.4, -0.2) is 22.8 Å². The first-order chi connectivity index (χ1) is 17.5. The molecular weight excluding hydrogens is 466 g/mol. The van der Waals surface area contributed by atoms with E-state index in [2.05, 4.69) is 15.5 Å². The molecule has 1 aliphatic heterocycles. The molecule has 3 aromatic carbocycles. The van der Waals surface area contributed by atoms with Gasteiger partial charge in [0.2, 0.25) is 5.82 Å². The molecule has 0 saturated heterocycles. The molecule has 1 N–H and O–H groups in total. The normalized spacial score (nSPS) is 15.7. The lowest BCUT2D eigenvalue weighted by Gasteiger charge is -2.35. The monoisotopic (exact) mass is 488 g/mol. The molecule has 0 aliphatic carbocycles. The summed E-state index contributed by atoms with van der Waals surface area (Å²) in [6, 6.07) is 18.8. The number of hydrogen-bond acceptors (Lipinski definition) is 5. The van der Waals surface area contributed by atoms with Crippen LogP contribution in [0.1, 0.15) is 31.3 Å². The van der Waals surface area contributed by atoms with Gasteiger partial charge in [0.15, 0.2) is 11.6 Å². The third-order valence-corrected chi connectivity index (χ3v) is 5.86. The van der Waals surface area contributed by atoms with Crippen molar-refractivity contribution in [2.45, 2.75) is 19.9 Å². The fourth-order valence-electron chi connectivity index (χ4n) is 4.17. The van der Waals surface area contributed by atoms with E-state index in [4.69, 9.17) is 9.26 Å². The Labute approximate surface area is 206 Å². The van der Waals surface area contributed by atoms with Crippen molar-refractivity contribution < 1.29 is 22.8 Å². The van der Waals surface area contributed by atoms with E-state index >= 15 is 0 Å². The topological polar surface area (TPSA) is 80.5 Å². The quantitative estimate of drug-likeness (QED) is 0.354. The number of carbonyl (C=O) groups excluding carboxylic acids is 1. The summed E-state index contributed by atoms with van der Waals surface area (Å²) < 4.78 is 38.7. The fraction of sp³-hybridized carbons (Fsp3) is 0.148. The number of halogens is 2. The zero-order valence-electron chi connectivity index (χ0n) is 19.5. The van der Waals surface area contributed by atoms with Gasteiger partial charge in [0, 0.05) is 17.3 Å². The predicted molar refractivity (Wildman–Crippen MR) is 130 cm³/mol. The van der Waals surface area contributed by atoms with Crippen LogP contribution in [0.3, 0.4) is 0 Å². The largest absolute Gasteiger partial charge is 0.494 e. The number of aromatic nitrogens is 2. The lowest BCUT2D eigenvalue weighted by Crippen LogP contribution is -2.46. The second-order valence-corrected chi connectivity index (χ2v) is 8.11. The molecule has 1 aliphatic rings. The highest BCUT2D eigenvalue weighted by molar-refractivity contribution is 6.01. The van der Waals surface area contributed by atoms with Gasteiger partial charge >= 0.3 is 6.03 Å². The van der Waals surface area contributed by atoms with Crippen molar-refractivity contribution in [1.82, 2.24) is 15.5 Å². The minimum atomic E-state index is -1.06. The minimum absolute atomic E-state index is 0.166. The summed E-state index contributed by atoms with van der Waals surface area (Å²) >= 11 is 0. The first kappa shape index (κ1) is 23.2. The molecule has 36 heavy (non-hydrogen) atoms. The maximum atomic E-state index is 14.0. The summed E-state index contributed by atoms with van der Waals surface area (Å²) in [5, 5.41) is 7.07. The van der Waals surface area contributed by atoms with Crippen molar-refractivity contribution in [1.29, 1.82) is 0 Å². The van der Waals surface area contributed by atoms with E-state index in [0.29, 0.717) is 23.7 Å². The van der Waals surface area contributed by atoms with E-state index in [1.54, 1.807) is 6.92 Å². The summed E-state index contributed by atoms with van der Waals surface area (Å²) in [5.74, 6) is -0.786. The Bertz CT molecular complexity index is 1440. The van der Waals surface area contributed by atoms with Gasteiger partial charge in [-0.25, -0.2) is 13.6 Å². The van der Waals surface area contributed by atoms with Crippen molar-refractivity contribution in [2.75, 3.05) is 11.5 Å². The standard InChI is InChI=1S/C27H22F2N4O3/c1-3-35-20-12-9-18(10-13-20)25-31-26(36-32-25)23-16(2)33(19-11-14-21(28)22(29)15-19)27(34)30-24(23)17-7-5-4-6-8-17/h4-15,24H,3H2,1-2H3,(H,30,34). The van der Waals surface area contributed by atoms with E-state index in [0.717, 1.165) is 29.0 Å². The molecule has 1 atom stereocenters. The zero-order chi connectivity index (χ0) is 25.2. The molecule has 9 heteroatoms. The van der Waals surface area contributed by atoms with Gasteiger partial charge in [0.25, 0.3) is 5.89 Å². The maximum Gasteiger partial charge on any atom is 0.327 e. The highest BCUT2D eigenvalue weighted by Crippen LogP contribution is 2.39. The van der Waals surface area contributed by atoms with Crippen molar-refractivity contribution in [2.24, 2.45) is 0 Å². The molecule has 0 radical (unpaired) electrons. The SMILES string of the molecule is CCOc1ccc(-c2noc(C3=C(C)N(c4ccc(F)c(F)c4)C(=O)NC3c3ccccc3)n2)cc1. The zero-order valence-corrected chi connectivity index (χ0v) is 19.5. The number of carbonyl (C=O) groups is 1. The second kappa shape index (κ2) is 9.61. The molecule has 1 unspecified atom stereocenters. The van der Waals surface area contributed by atoms with Gasteiger partial charge in [-0.2, -0.15) is 4.98 Å². The lowest BCUT2D eigenvalue weighted by molar-refractivity contribution is 0.244. The summed E-state index contributed by atoms with van der Waals surface area (Å²) in [6.45, 7) is 4.16. The molecule has 0 fully saturated rings. The highest BCUT2D eigenvalue weighted by Gasteiger charge is 2.36. The van der Waals surface area contributed by atoms with Crippen LogP contribution in [0.4, 0.5) is 19.3 Å². The van der Waals surface area contributed by atoms with E-state index < -0.39 is 23.7 Å². The van der Waals surface area contributed by atoms with Crippen molar-refractivity contribution in [3.8, 4) is 17.1 Å². The van der Waals surface area contributed by atoms with Crippen molar-refractivity contribution in [3.63, 3.8) is 0 Å². The molecule has 5 rings (SSSR count). The Morgan fingerprint density at radius 3 is 2.47 bits per heavy atom. The smallest absolute Gasteiger partial charge is 0.327 e. The number of amides is 2. The molecule has 0 bridgehead atoms. The third kappa shape index (κ3) is 4.31. The Morgan fingerprint density at radius 2 is 1.78 bits per heavy atom. The molecule has 4 aromatic rings. The Morgan fingerprint density at radius 1 is 1.03 bits per heavy atom. The van der Waals surface area contributed by atoms with Gasteiger partial charge in [0.05, 0.1) is 23.9 Å². The molecule has 2 amide bonds. The van der Waals surface area contributed by atoms with Crippen LogP contribution in [-0.2, 0) is 0 Å². The van der Waals surface area contributed by atoms with Crippen molar-refractivity contribution >= 4 is 17.3 Å². The number of allylic oxidation sites excluding steroid dienone is 1. The van der Waals surface area contributed by atoms with E-state index in [-0.39, 0.29) is 11.6 Å². The number of rotatable bonds is 6. The molecule has 7 nitrogen and oxygen atoms in total. The predicted octanol–water partition coefficient (Wildman–Crippen LogP) is 6.12. The number of anilines is 1. The van der Waals surface area contributed by atoms with Gasteiger partial charge in [0.1, 0.15) is 5.75 Å². The van der Waals surface area contributed by atoms with E-state index in [1.165, 1.54) is 11.0 Å². The number of urea groups is 1. The first-order valence-electron chi connectivity index (χ1n) is 11.3. The van der Waals surface area contributed by atoms with Gasteiger partial charge in [-0.1, -0.05) is 35.5 Å². The van der Waals surface area contributed by atoms with Gasteiger partial charge < -0.3 is 14.6 Å². The summed E-state index contributed by atoms with van der Waals surface area (Å²) in [5.41, 5.74) is 2.67. The lowest BCUT2D eigenvalue weighted by atomic mass is 9.94. The molecular formula is C27H22F2N4O3. The molecule has 0 saturated carbocycles. The fourth-order valence-corrected chi connectivity index (χ4v) is 4.17. The summed E-state index contributed by atoms with van der Waals surface area (Å²) in [7, 11) is 0. The number of benzene rings is 3. The Balaban J connectivity index is 1.61. The van der Waals surface area contributed by atoms with E-state index in [9.17, 15) is 13.6 Å². The van der Waals surface area contributed by atoms with E-state index in [1.807, 2.05) is 61.5 Å². The van der Waals surface area contributed by atoms with Crippen LogP contribution in [0, 0.1) is 11.6 Å². The summed E-state index contributed by atoms with van der Waals surface area (Å²) in [4.78, 5) is 19.0. The van der Waals surface area contributed by atoms with Crippen LogP contribution >= 0.6 is 0 Å². The maximum absolute atomic E-state index is 14.0. The second-order valence-electron chi connectivity index (χ2n) is 8.11. The number of nitrogens with one attached hydrogen (secondary N) is 1. The third-order valence-electron chi connectivity index (χ3n) is 5.86. The molecule has 1 aromatic heterocycles.